The minimum absolute atomic E-state index is 0.0631. The van der Waals surface area contributed by atoms with Crippen molar-refractivity contribution in [1.82, 2.24) is 4.90 Å². The lowest BCUT2D eigenvalue weighted by Gasteiger charge is -2.57. The maximum Gasteiger partial charge on any atom is 0.187 e. The van der Waals surface area contributed by atoms with Crippen molar-refractivity contribution in [3.8, 4) is 0 Å². The van der Waals surface area contributed by atoms with Crippen LogP contribution in [0.15, 0.2) is 0 Å². The molecule has 33 nitrogen and oxygen atoms in total. The lowest BCUT2D eigenvalue weighted by atomic mass is 9.49. The summed E-state index contributed by atoms with van der Waals surface area (Å²) in [6.45, 7) is -2.35. The highest BCUT2D eigenvalue weighted by atomic mass is 16.8. The Kier molecular flexibility index (Phi) is 23.1. The number of ether oxygens (including phenoxy) is 14. The number of hydrogen-bond donors (Lipinski definition) is 18. The van der Waals surface area contributed by atoms with Gasteiger partial charge in [0.15, 0.2) is 44.0 Å². The van der Waals surface area contributed by atoms with Crippen molar-refractivity contribution < 1.29 is 158 Å². The molecular formula is C60H99NO32. The van der Waals surface area contributed by atoms with E-state index >= 15 is 0 Å². The summed E-state index contributed by atoms with van der Waals surface area (Å²) in [5.41, 5.74) is 0.0632. The zero-order valence-corrected chi connectivity index (χ0v) is 51.8. The molecule has 33 heteroatoms. The second kappa shape index (κ2) is 30.1. The summed E-state index contributed by atoms with van der Waals surface area (Å²) < 4.78 is 86.3. The minimum Gasteiger partial charge on any atom is -0.394 e. The van der Waals surface area contributed by atoms with Gasteiger partial charge in [0.05, 0.1) is 45.2 Å². The van der Waals surface area contributed by atoms with Gasteiger partial charge in [-0.15, -0.1) is 0 Å². The molecule has 18 N–H and O–H groups in total. The summed E-state index contributed by atoms with van der Waals surface area (Å²) in [5, 5.41) is 208. The van der Waals surface area contributed by atoms with Crippen molar-refractivity contribution in [2.24, 2.45) is 29.1 Å². The van der Waals surface area contributed by atoms with E-state index in [2.05, 4.69) is 4.90 Å². The molecule has 14 saturated heterocycles. The average Bonchev–Trinajstić information content (AvgIpc) is 0.809. The second-order valence-electron chi connectivity index (χ2n) is 28.3. The van der Waals surface area contributed by atoms with Crippen LogP contribution in [0.1, 0.15) is 84.0 Å². The Morgan fingerprint density at radius 3 is 1.01 bits per heavy atom. The minimum atomic E-state index is -2.15. The van der Waals surface area contributed by atoms with Gasteiger partial charge in [0.2, 0.25) is 0 Å². The van der Waals surface area contributed by atoms with E-state index in [9.17, 15) is 91.9 Å². The summed E-state index contributed by atoms with van der Waals surface area (Å²) in [6, 6.07) is 0. The van der Waals surface area contributed by atoms with E-state index in [1.165, 1.54) is 26.2 Å². The van der Waals surface area contributed by atoms with Crippen LogP contribution in [-0.4, -0.2) is 358 Å². The van der Waals surface area contributed by atoms with E-state index in [-0.39, 0.29) is 18.4 Å². The Bertz CT molecular complexity index is 2330. The predicted octanol–water partition coefficient (Wildman–Crippen LogP) is -8.07. The molecule has 4 aliphatic carbocycles. The van der Waals surface area contributed by atoms with E-state index in [4.69, 9.17) is 66.3 Å². The monoisotopic (exact) mass is 1350 g/mol. The summed E-state index contributed by atoms with van der Waals surface area (Å²) in [6.07, 6.45) is -52.1. The van der Waals surface area contributed by atoms with Crippen molar-refractivity contribution in [2.75, 3.05) is 52.7 Å². The van der Waals surface area contributed by atoms with Crippen LogP contribution in [0, 0.1) is 29.1 Å². The van der Waals surface area contributed by atoms with Gasteiger partial charge in [0.25, 0.3) is 0 Å². The van der Waals surface area contributed by atoms with Gasteiger partial charge in [-0.1, -0.05) is 26.2 Å². The smallest absolute Gasteiger partial charge is 0.187 e. The molecule has 0 amide bonds. The molecular weight excluding hydrogens is 1250 g/mol. The van der Waals surface area contributed by atoms with Gasteiger partial charge in [-0.2, -0.15) is 0 Å². The SMILES string of the molecule is CC1C(O)[C@@H]2O[C@H]3O[C@H](CO)[C@@H](O[C@H]4O[C@@H]5CN(CCC67CC8CC(CC(C8)C6)C7)CCCCCC[C@H]6O[C@H](O[C@H]7C(O)C(O)[C@H](O[C@@H]7CO)O[C@H]7C(O)C(O)[C@@H](O[C@@H]8C(CO)O[C@H](O[C@H]5C(O)C4O)C(O)C8O)O[C@@H]7CO)C(O)C(O)[C@@H]6O[C@H]1O[C@@H]2CO)C(O)C3O. The van der Waals surface area contributed by atoms with Crippen molar-refractivity contribution >= 4 is 0 Å². The molecule has 536 valence electrons. The molecule has 35 atom stereocenters. The van der Waals surface area contributed by atoms with Gasteiger partial charge in [-0.25, -0.2) is 0 Å². The van der Waals surface area contributed by atoms with Gasteiger partial charge in [0, 0.05) is 12.5 Å². The number of hydrogen-bond acceptors (Lipinski definition) is 33. The highest BCUT2D eigenvalue weighted by Crippen LogP contribution is 2.61. The standard InChI is InChI=1S/C60H99NO32/c1-22-33(67)48-28(17-62)82-53(22)87-46-26-6-4-2-3-5-8-61(9-7-60-13-23-10-24(14-60)12-25(11-23)15-60)16-27-47(35(69)41(75)55(81-27)91-50-30(19-64)84-57(89-48)43(77)37(50)71)88-56-42(76)36(70)51(31(20-65)83-56)92-59-45(79)39(73)52(32(21-66)86-59)93-58-44(78)38(72)49(29(18-63)85-58)90-54(80-26)40(74)34(46)68/h22-59,62-79H,2-21H2,1H3/t22?,23?,24?,25?,26-,27-,28-,29-,30-,31?,32-,33?,34?,35?,36?,37?,38?,39?,40?,41?,42?,43?,44?,45?,46-,47-,48-,49-,50-,51-,52-,53-,54-,55-,56-,57-,58-,59-,60?/m1/s1. The molecule has 18 fully saturated rings. The first-order valence-corrected chi connectivity index (χ1v) is 33.3. The molecule has 0 aromatic carbocycles. The maximum atomic E-state index is 12.4. The fourth-order valence-corrected chi connectivity index (χ4v) is 17.3. The predicted molar refractivity (Wildman–Crippen MR) is 302 cm³/mol. The third-order valence-corrected chi connectivity index (χ3v) is 22.0. The summed E-state index contributed by atoms with van der Waals surface area (Å²) in [5.74, 6) is 0.755. The topological polar surface area (TPSA) is 497 Å². The first-order chi connectivity index (χ1) is 44.6. The molecule has 0 aromatic heterocycles. The first-order valence-electron chi connectivity index (χ1n) is 33.3. The van der Waals surface area contributed by atoms with Crippen molar-refractivity contribution in [2.45, 2.75) is 293 Å². The molecule has 93 heavy (non-hydrogen) atoms. The van der Waals surface area contributed by atoms with E-state index in [1.807, 2.05) is 0 Å². The van der Waals surface area contributed by atoms with Crippen molar-refractivity contribution in [1.29, 1.82) is 0 Å². The third-order valence-electron chi connectivity index (χ3n) is 22.0. The fraction of sp³-hybridized carbons (Fsp3) is 1.00. The van der Waals surface area contributed by atoms with Crippen LogP contribution in [-0.2, 0) is 66.3 Å². The Morgan fingerprint density at radius 1 is 0.323 bits per heavy atom. The normalized spacial score (nSPS) is 55.3. The van der Waals surface area contributed by atoms with E-state index in [1.54, 1.807) is 0 Å². The molecule has 4 saturated carbocycles. The zero-order chi connectivity index (χ0) is 66.1. The molecule has 0 radical (unpaired) electrons. The Labute approximate surface area is 536 Å². The number of aliphatic hydroxyl groups is 18. The van der Waals surface area contributed by atoms with Gasteiger partial charge < -0.3 is 163 Å². The number of aliphatic hydroxyl groups excluding tert-OH is 18. The molecule has 18 bridgehead atoms. The van der Waals surface area contributed by atoms with Crippen LogP contribution < -0.4 is 0 Å². The van der Waals surface area contributed by atoms with Crippen LogP contribution in [0.4, 0.5) is 0 Å². The molecule has 0 aromatic rings. The molecule has 18 aliphatic rings. The largest absolute Gasteiger partial charge is 0.394 e. The molecule has 14 heterocycles. The van der Waals surface area contributed by atoms with Gasteiger partial charge in [-0.05, 0) is 94.0 Å². The summed E-state index contributed by atoms with van der Waals surface area (Å²) in [4.78, 5) is 2.13. The number of rotatable bonds is 8. The molecule has 15 unspecified atom stereocenters. The first kappa shape index (κ1) is 71.5. The van der Waals surface area contributed by atoms with Gasteiger partial charge >= 0.3 is 0 Å². The van der Waals surface area contributed by atoms with Crippen LogP contribution in [0.2, 0.25) is 0 Å². The Morgan fingerprint density at radius 2 is 0.624 bits per heavy atom. The lowest BCUT2D eigenvalue weighted by molar-refractivity contribution is -0.396. The van der Waals surface area contributed by atoms with Crippen molar-refractivity contribution in [3.63, 3.8) is 0 Å². The lowest BCUT2D eigenvalue weighted by Crippen LogP contribution is -2.68. The van der Waals surface area contributed by atoms with Gasteiger partial charge in [-0.3, -0.25) is 0 Å². The second-order valence-corrected chi connectivity index (χ2v) is 28.3. The number of nitrogens with zero attached hydrogens (tertiary/aromatic N) is 1. The van der Waals surface area contributed by atoms with Crippen LogP contribution >= 0.6 is 0 Å². The highest BCUT2D eigenvalue weighted by Gasteiger charge is 2.60. The maximum absolute atomic E-state index is 12.4. The molecule has 14 aliphatic heterocycles. The zero-order valence-electron chi connectivity index (χ0n) is 51.8. The van der Waals surface area contributed by atoms with E-state index in [0.29, 0.717) is 56.5 Å². The van der Waals surface area contributed by atoms with Gasteiger partial charge in [0.1, 0.15) is 153 Å². The molecule has 18 rings (SSSR count). The fourth-order valence-electron chi connectivity index (χ4n) is 17.3. The Hall–Kier alpha value is -1.32. The Balaban J connectivity index is 0.914. The average molecular weight is 1350 g/mol. The summed E-state index contributed by atoms with van der Waals surface area (Å²) in [7, 11) is 0. The van der Waals surface area contributed by atoms with E-state index in [0.717, 1.165) is 25.7 Å². The quantitative estimate of drug-likeness (QED) is 0.107. The van der Waals surface area contributed by atoms with E-state index < -0.39 is 248 Å². The highest BCUT2D eigenvalue weighted by molar-refractivity contribution is 5.05. The van der Waals surface area contributed by atoms with Crippen LogP contribution in [0.25, 0.3) is 0 Å². The number of fused-ring (bicyclic) bond motifs is 5. The summed E-state index contributed by atoms with van der Waals surface area (Å²) >= 11 is 0. The van der Waals surface area contributed by atoms with Crippen LogP contribution in [0.5, 0.6) is 0 Å². The van der Waals surface area contributed by atoms with Crippen LogP contribution in [0.3, 0.4) is 0 Å². The molecule has 0 spiro atoms. The third kappa shape index (κ3) is 14.4. The van der Waals surface area contributed by atoms with Crippen molar-refractivity contribution in [3.05, 3.63) is 0 Å².